The van der Waals surface area contributed by atoms with Crippen LogP contribution in [0.15, 0.2) is 6.20 Å². The average Bonchev–Trinajstić information content (AvgIpc) is 2.83. The molecule has 2 heterocycles. The summed E-state index contributed by atoms with van der Waals surface area (Å²) in [5.74, 6) is 0.144. The normalized spacial score (nSPS) is 20.6. The highest BCUT2D eigenvalue weighted by molar-refractivity contribution is 7.11. The maximum absolute atomic E-state index is 11.0. The SMILES string of the molecule is CCc1ncc(CNC2CNC(=O)C2)s1. The molecule has 1 aliphatic rings. The number of hydrogen-bond acceptors (Lipinski definition) is 4. The first-order chi connectivity index (χ1) is 7.28. The summed E-state index contributed by atoms with van der Waals surface area (Å²) in [4.78, 5) is 16.5. The Morgan fingerprint density at radius 1 is 1.73 bits per heavy atom. The van der Waals surface area contributed by atoms with Gasteiger partial charge in [-0.15, -0.1) is 11.3 Å². The highest BCUT2D eigenvalue weighted by Gasteiger charge is 2.20. The Morgan fingerprint density at radius 3 is 3.20 bits per heavy atom. The fourth-order valence-electron chi connectivity index (χ4n) is 1.59. The Labute approximate surface area is 93.1 Å². The first-order valence-corrected chi connectivity index (χ1v) is 6.03. The second kappa shape index (κ2) is 4.72. The third kappa shape index (κ3) is 2.76. The van der Waals surface area contributed by atoms with E-state index in [0.717, 1.165) is 19.5 Å². The van der Waals surface area contributed by atoms with Crippen LogP contribution >= 0.6 is 11.3 Å². The number of nitrogens with zero attached hydrogens (tertiary/aromatic N) is 1. The van der Waals surface area contributed by atoms with E-state index in [4.69, 9.17) is 0 Å². The lowest BCUT2D eigenvalue weighted by Gasteiger charge is -2.07. The van der Waals surface area contributed by atoms with E-state index in [1.807, 2.05) is 6.20 Å². The minimum atomic E-state index is 0.144. The van der Waals surface area contributed by atoms with E-state index in [1.54, 1.807) is 11.3 Å². The topological polar surface area (TPSA) is 54.0 Å². The van der Waals surface area contributed by atoms with E-state index in [0.29, 0.717) is 6.42 Å². The van der Waals surface area contributed by atoms with Crippen LogP contribution in [0.5, 0.6) is 0 Å². The summed E-state index contributed by atoms with van der Waals surface area (Å²) < 4.78 is 0. The maximum atomic E-state index is 11.0. The predicted molar refractivity (Wildman–Crippen MR) is 59.7 cm³/mol. The zero-order valence-electron chi connectivity index (χ0n) is 8.75. The minimum absolute atomic E-state index is 0.144. The average molecular weight is 225 g/mol. The monoisotopic (exact) mass is 225 g/mol. The van der Waals surface area contributed by atoms with Crippen LogP contribution in [0.2, 0.25) is 0 Å². The summed E-state index contributed by atoms with van der Waals surface area (Å²) >= 11 is 1.74. The number of carbonyl (C=O) groups excluding carboxylic acids is 1. The Morgan fingerprint density at radius 2 is 2.60 bits per heavy atom. The second-order valence-corrected chi connectivity index (χ2v) is 4.86. The van der Waals surface area contributed by atoms with Gasteiger partial charge in [0.25, 0.3) is 0 Å². The molecule has 1 aliphatic heterocycles. The van der Waals surface area contributed by atoms with Crippen LogP contribution < -0.4 is 10.6 Å². The summed E-state index contributed by atoms with van der Waals surface area (Å²) in [6.07, 6.45) is 3.51. The molecule has 4 nitrogen and oxygen atoms in total. The van der Waals surface area contributed by atoms with Crippen molar-refractivity contribution in [2.75, 3.05) is 6.54 Å². The van der Waals surface area contributed by atoms with Crippen molar-refractivity contribution >= 4 is 17.2 Å². The zero-order chi connectivity index (χ0) is 10.7. The molecule has 1 aromatic rings. The smallest absolute Gasteiger partial charge is 0.221 e. The fourth-order valence-corrected chi connectivity index (χ4v) is 2.40. The van der Waals surface area contributed by atoms with Crippen molar-refractivity contribution in [3.63, 3.8) is 0 Å². The third-order valence-electron chi connectivity index (χ3n) is 2.45. The molecule has 0 spiro atoms. The van der Waals surface area contributed by atoms with Crippen LogP contribution in [-0.4, -0.2) is 23.5 Å². The zero-order valence-corrected chi connectivity index (χ0v) is 9.56. The molecule has 1 saturated heterocycles. The molecule has 1 aromatic heterocycles. The first-order valence-electron chi connectivity index (χ1n) is 5.21. The van der Waals surface area contributed by atoms with Crippen LogP contribution in [0.1, 0.15) is 23.2 Å². The lowest BCUT2D eigenvalue weighted by atomic mass is 10.2. The van der Waals surface area contributed by atoms with E-state index >= 15 is 0 Å². The molecule has 15 heavy (non-hydrogen) atoms. The van der Waals surface area contributed by atoms with Crippen molar-refractivity contribution < 1.29 is 4.79 Å². The molecule has 82 valence electrons. The van der Waals surface area contributed by atoms with E-state index in [2.05, 4.69) is 22.5 Å². The van der Waals surface area contributed by atoms with Gasteiger partial charge in [0.2, 0.25) is 5.91 Å². The van der Waals surface area contributed by atoms with E-state index in [1.165, 1.54) is 9.88 Å². The number of hydrogen-bond donors (Lipinski definition) is 2. The van der Waals surface area contributed by atoms with Gasteiger partial charge in [0.1, 0.15) is 0 Å². The number of amides is 1. The summed E-state index contributed by atoms with van der Waals surface area (Å²) in [7, 11) is 0. The van der Waals surface area contributed by atoms with Crippen LogP contribution in [0.25, 0.3) is 0 Å². The molecule has 0 bridgehead atoms. The van der Waals surface area contributed by atoms with Gasteiger partial charge in [0.15, 0.2) is 0 Å². The van der Waals surface area contributed by atoms with Gasteiger partial charge in [-0.3, -0.25) is 4.79 Å². The summed E-state index contributed by atoms with van der Waals surface area (Å²) in [5.41, 5.74) is 0. The largest absolute Gasteiger partial charge is 0.354 e. The van der Waals surface area contributed by atoms with Crippen molar-refractivity contribution in [3.05, 3.63) is 16.1 Å². The molecular formula is C10H15N3OS. The molecule has 1 amide bonds. The maximum Gasteiger partial charge on any atom is 0.221 e. The van der Waals surface area contributed by atoms with Crippen molar-refractivity contribution in [2.45, 2.75) is 32.4 Å². The highest BCUT2D eigenvalue weighted by Crippen LogP contribution is 2.13. The number of nitrogens with one attached hydrogen (secondary N) is 2. The first kappa shape index (κ1) is 10.6. The standard InChI is InChI=1S/C10H15N3OS/c1-2-10-13-6-8(15-10)5-11-7-3-9(14)12-4-7/h6-7,11H,2-5H2,1H3,(H,12,14). The molecule has 0 saturated carbocycles. The van der Waals surface area contributed by atoms with Crippen LogP contribution in [0, 0.1) is 0 Å². The summed E-state index contributed by atoms with van der Waals surface area (Å²) in [5, 5.41) is 7.33. The van der Waals surface area contributed by atoms with Crippen molar-refractivity contribution in [1.29, 1.82) is 0 Å². The molecule has 0 radical (unpaired) electrons. The van der Waals surface area contributed by atoms with Crippen LogP contribution in [0.3, 0.4) is 0 Å². The summed E-state index contributed by atoms with van der Waals surface area (Å²) in [6.45, 7) is 3.67. The molecule has 1 atom stereocenters. The quantitative estimate of drug-likeness (QED) is 0.792. The van der Waals surface area contributed by atoms with E-state index in [9.17, 15) is 4.79 Å². The van der Waals surface area contributed by atoms with Crippen molar-refractivity contribution in [3.8, 4) is 0 Å². The van der Waals surface area contributed by atoms with Gasteiger partial charge in [0.05, 0.1) is 5.01 Å². The van der Waals surface area contributed by atoms with Crippen LogP contribution in [0.4, 0.5) is 0 Å². The molecule has 5 heteroatoms. The predicted octanol–water partition coefficient (Wildman–Crippen LogP) is 0.684. The molecule has 2 rings (SSSR count). The second-order valence-electron chi connectivity index (χ2n) is 3.66. The summed E-state index contributed by atoms with van der Waals surface area (Å²) in [6, 6.07) is 0.282. The number of rotatable bonds is 4. The molecule has 0 aromatic carbocycles. The van der Waals surface area contributed by atoms with E-state index < -0.39 is 0 Å². The molecule has 1 fully saturated rings. The van der Waals surface area contributed by atoms with Crippen LogP contribution in [-0.2, 0) is 17.8 Å². The van der Waals surface area contributed by atoms with Gasteiger partial charge in [-0.05, 0) is 6.42 Å². The van der Waals surface area contributed by atoms with Gasteiger partial charge < -0.3 is 10.6 Å². The Hall–Kier alpha value is -0.940. The molecule has 1 unspecified atom stereocenters. The number of carbonyl (C=O) groups is 1. The Balaban J connectivity index is 1.80. The molecular weight excluding hydrogens is 210 g/mol. The minimum Gasteiger partial charge on any atom is -0.354 e. The Bertz CT molecular complexity index is 350. The number of aromatic nitrogens is 1. The highest BCUT2D eigenvalue weighted by atomic mass is 32.1. The van der Waals surface area contributed by atoms with Gasteiger partial charge in [-0.1, -0.05) is 6.92 Å². The molecule has 2 N–H and O–H groups in total. The third-order valence-corrected chi connectivity index (χ3v) is 3.59. The number of aryl methyl sites for hydroxylation is 1. The van der Waals surface area contributed by atoms with Crippen molar-refractivity contribution in [1.82, 2.24) is 15.6 Å². The lowest BCUT2D eigenvalue weighted by molar-refractivity contribution is -0.119. The lowest BCUT2D eigenvalue weighted by Crippen LogP contribution is -2.30. The van der Waals surface area contributed by atoms with Gasteiger partial charge in [-0.2, -0.15) is 0 Å². The van der Waals surface area contributed by atoms with Gasteiger partial charge >= 0.3 is 0 Å². The Kier molecular flexibility index (Phi) is 3.33. The molecule has 0 aliphatic carbocycles. The number of thiazole rings is 1. The van der Waals surface area contributed by atoms with Crippen molar-refractivity contribution in [2.24, 2.45) is 0 Å². The van der Waals surface area contributed by atoms with E-state index in [-0.39, 0.29) is 11.9 Å². The van der Waals surface area contributed by atoms with Gasteiger partial charge in [-0.25, -0.2) is 4.98 Å². The fraction of sp³-hybridized carbons (Fsp3) is 0.600. The van der Waals surface area contributed by atoms with Gasteiger partial charge in [0, 0.05) is 36.6 Å².